The highest BCUT2D eigenvalue weighted by atomic mass is 16.5. The molecule has 2 fully saturated rings. The number of ether oxygens (including phenoxy) is 1. The average molecular weight is 406 g/mol. The molecule has 2 aliphatic rings. The largest absolute Gasteiger partial charge is 0.376 e. The van der Waals surface area contributed by atoms with Crippen molar-refractivity contribution < 1.29 is 19.1 Å². The number of amides is 3. The van der Waals surface area contributed by atoms with Gasteiger partial charge in [0.1, 0.15) is 6.04 Å². The molecular formula is C24H26N2O4. The molecule has 2 aliphatic heterocycles. The van der Waals surface area contributed by atoms with Crippen LogP contribution >= 0.6 is 0 Å². The van der Waals surface area contributed by atoms with E-state index in [2.05, 4.69) is 0 Å². The van der Waals surface area contributed by atoms with E-state index >= 15 is 0 Å². The molecule has 0 spiro atoms. The molecule has 2 unspecified atom stereocenters. The van der Waals surface area contributed by atoms with E-state index in [1.165, 1.54) is 9.80 Å². The maximum Gasteiger partial charge on any atom is 0.257 e. The minimum absolute atomic E-state index is 0.0168. The Morgan fingerprint density at radius 2 is 1.67 bits per heavy atom. The Morgan fingerprint density at radius 1 is 1.03 bits per heavy atom. The van der Waals surface area contributed by atoms with Crippen molar-refractivity contribution in [1.29, 1.82) is 0 Å². The molecular weight excluding hydrogens is 380 g/mol. The van der Waals surface area contributed by atoms with Gasteiger partial charge >= 0.3 is 0 Å². The summed E-state index contributed by atoms with van der Waals surface area (Å²) in [6.45, 7) is 4.86. The zero-order valence-corrected chi connectivity index (χ0v) is 17.3. The first-order chi connectivity index (χ1) is 14.4. The molecule has 0 bridgehead atoms. The first-order valence-corrected chi connectivity index (χ1v) is 10.4. The molecule has 2 atom stereocenters. The fourth-order valence-electron chi connectivity index (χ4n) is 4.05. The number of anilines is 1. The van der Waals surface area contributed by atoms with E-state index in [0.717, 1.165) is 24.0 Å². The highest BCUT2D eigenvalue weighted by Gasteiger charge is 2.45. The van der Waals surface area contributed by atoms with E-state index < -0.39 is 6.04 Å². The van der Waals surface area contributed by atoms with Gasteiger partial charge in [0.05, 0.1) is 18.2 Å². The Bertz CT molecular complexity index is 946. The van der Waals surface area contributed by atoms with E-state index in [1.54, 1.807) is 24.3 Å². The van der Waals surface area contributed by atoms with Gasteiger partial charge in [-0.2, -0.15) is 0 Å². The quantitative estimate of drug-likeness (QED) is 0.715. The number of hydrogen-bond donors (Lipinski definition) is 0. The fourth-order valence-corrected chi connectivity index (χ4v) is 4.05. The normalized spacial score (nSPS) is 21.3. The summed E-state index contributed by atoms with van der Waals surface area (Å²) >= 11 is 0. The van der Waals surface area contributed by atoms with E-state index in [9.17, 15) is 14.4 Å². The van der Waals surface area contributed by atoms with Crippen LogP contribution in [-0.2, 0) is 14.3 Å². The maximum absolute atomic E-state index is 13.4. The Labute approximate surface area is 176 Å². The minimum atomic E-state index is -0.822. The summed E-state index contributed by atoms with van der Waals surface area (Å²) in [5, 5.41) is 0. The van der Waals surface area contributed by atoms with Crippen LogP contribution in [0, 0.1) is 13.8 Å². The topological polar surface area (TPSA) is 66.9 Å². The second-order valence-corrected chi connectivity index (χ2v) is 8.08. The van der Waals surface area contributed by atoms with Gasteiger partial charge in [-0.3, -0.25) is 14.4 Å². The van der Waals surface area contributed by atoms with Crippen LogP contribution in [0.1, 0.15) is 40.7 Å². The molecule has 0 aliphatic carbocycles. The molecule has 6 heteroatoms. The van der Waals surface area contributed by atoms with E-state index in [0.29, 0.717) is 24.4 Å². The molecule has 0 radical (unpaired) electrons. The highest BCUT2D eigenvalue weighted by molar-refractivity contribution is 6.23. The lowest BCUT2D eigenvalue weighted by Gasteiger charge is -2.30. The molecule has 0 N–H and O–H groups in total. The van der Waals surface area contributed by atoms with Crippen LogP contribution in [0.4, 0.5) is 5.69 Å². The van der Waals surface area contributed by atoms with Crippen molar-refractivity contribution in [2.24, 2.45) is 0 Å². The number of carbonyl (C=O) groups is 3. The molecule has 3 amide bonds. The lowest BCUT2D eigenvalue weighted by atomic mass is 10.1. The van der Waals surface area contributed by atoms with Crippen molar-refractivity contribution in [2.45, 2.75) is 45.3 Å². The Kier molecular flexibility index (Phi) is 5.68. The first-order valence-electron chi connectivity index (χ1n) is 10.4. The average Bonchev–Trinajstić information content (AvgIpc) is 3.35. The molecule has 4 rings (SSSR count). The number of rotatable bonds is 5. The second-order valence-electron chi connectivity index (χ2n) is 8.08. The molecule has 0 saturated carbocycles. The zero-order chi connectivity index (χ0) is 21.3. The van der Waals surface area contributed by atoms with Gasteiger partial charge in [-0.1, -0.05) is 35.4 Å². The van der Waals surface area contributed by atoms with Crippen LogP contribution in [0.3, 0.4) is 0 Å². The first kappa shape index (κ1) is 20.3. The van der Waals surface area contributed by atoms with E-state index in [1.807, 2.05) is 38.1 Å². The number of imide groups is 1. The molecule has 2 saturated heterocycles. The SMILES string of the molecule is Cc1ccc(C(=O)N(CC2CCCO2)C2CC(=O)N(c3ccc(C)cc3)C2=O)cc1. The number of nitrogens with zero attached hydrogens (tertiary/aromatic N) is 2. The van der Waals surface area contributed by atoms with Crippen molar-refractivity contribution in [1.82, 2.24) is 4.90 Å². The molecule has 156 valence electrons. The lowest BCUT2D eigenvalue weighted by Crippen LogP contribution is -2.48. The third-order valence-corrected chi connectivity index (χ3v) is 5.77. The molecule has 0 aromatic heterocycles. The van der Waals surface area contributed by atoms with Gasteiger partial charge in [0.25, 0.3) is 11.8 Å². The summed E-state index contributed by atoms with van der Waals surface area (Å²) < 4.78 is 5.73. The summed E-state index contributed by atoms with van der Waals surface area (Å²) in [6, 6.07) is 13.7. The number of hydrogen-bond acceptors (Lipinski definition) is 4. The summed E-state index contributed by atoms with van der Waals surface area (Å²) in [4.78, 5) is 42.1. The highest BCUT2D eigenvalue weighted by Crippen LogP contribution is 2.28. The standard InChI is InChI=1S/C24H26N2O4/c1-16-5-9-18(10-6-16)23(28)25(15-20-4-3-13-30-20)21-14-22(27)26(24(21)29)19-11-7-17(2)8-12-19/h5-12,20-21H,3-4,13-15H2,1-2H3. The summed E-state index contributed by atoms with van der Waals surface area (Å²) in [6.07, 6.45) is 1.64. The van der Waals surface area contributed by atoms with Crippen LogP contribution in [0.2, 0.25) is 0 Å². The van der Waals surface area contributed by atoms with E-state index in [-0.39, 0.29) is 30.2 Å². The number of aryl methyl sites for hydroxylation is 2. The summed E-state index contributed by atoms with van der Waals surface area (Å²) in [7, 11) is 0. The van der Waals surface area contributed by atoms with Crippen LogP contribution in [0.25, 0.3) is 0 Å². The van der Waals surface area contributed by atoms with Crippen LogP contribution < -0.4 is 4.90 Å². The van der Waals surface area contributed by atoms with Crippen molar-refractivity contribution >= 4 is 23.4 Å². The minimum Gasteiger partial charge on any atom is -0.376 e. The zero-order valence-electron chi connectivity index (χ0n) is 17.3. The maximum atomic E-state index is 13.4. The van der Waals surface area contributed by atoms with Gasteiger partial charge in [0, 0.05) is 18.7 Å². The summed E-state index contributed by atoms with van der Waals surface area (Å²) in [5.41, 5.74) is 3.14. The Hall–Kier alpha value is -2.99. The smallest absolute Gasteiger partial charge is 0.257 e. The molecule has 6 nitrogen and oxygen atoms in total. The summed E-state index contributed by atoms with van der Waals surface area (Å²) in [5.74, 6) is -0.896. The van der Waals surface area contributed by atoms with Gasteiger partial charge < -0.3 is 9.64 Å². The van der Waals surface area contributed by atoms with Crippen molar-refractivity contribution in [3.63, 3.8) is 0 Å². The van der Waals surface area contributed by atoms with Crippen molar-refractivity contribution in [3.05, 3.63) is 65.2 Å². The third kappa shape index (κ3) is 4.00. The Morgan fingerprint density at radius 3 is 2.27 bits per heavy atom. The van der Waals surface area contributed by atoms with E-state index in [4.69, 9.17) is 4.74 Å². The molecule has 30 heavy (non-hydrogen) atoms. The van der Waals surface area contributed by atoms with Gasteiger partial charge in [-0.25, -0.2) is 4.90 Å². The number of benzene rings is 2. The van der Waals surface area contributed by atoms with Crippen LogP contribution in [0.5, 0.6) is 0 Å². The van der Waals surface area contributed by atoms with Gasteiger partial charge in [0.2, 0.25) is 5.91 Å². The predicted octanol–water partition coefficient (Wildman–Crippen LogP) is 3.26. The molecule has 2 aromatic rings. The fraction of sp³-hybridized carbons (Fsp3) is 0.375. The van der Waals surface area contributed by atoms with Crippen LogP contribution in [0.15, 0.2) is 48.5 Å². The number of carbonyl (C=O) groups excluding carboxylic acids is 3. The Balaban J connectivity index is 1.63. The van der Waals surface area contributed by atoms with Crippen LogP contribution in [-0.4, -0.2) is 47.9 Å². The van der Waals surface area contributed by atoms with Crippen molar-refractivity contribution in [2.75, 3.05) is 18.1 Å². The molecule has 2 heterocycles. The monoisotopic (exact) mass is 406 g/mol. The third-order valence-electron chi connectivity index (χ3n) is 5.77. The van der Waals surface area contributed by atoms with Gasteiger partial charge in [-0.15, -0.1) is 0 Å². The van der Waals surface area contributed by atoms with Gasteiger partial charge in [0.15, 0.2) is 0 Å². The van der Waals surface area contributed by atoms with Crippen molar-refractivity contribution in [3.8, 4) is 0 Å². The lowest BCUT2D eigenvalue weighted by molar-refractivity contribution is -0.122. The molecule has 2 aromatic carbocycles. The van der Waals surface area contributed by atoms with Gasteiger partial charge in [-0.05, 0) is 51.0 Å². The second kappa shape index (κ2) is 8.40. The predicted molar refractivity (Wildman–Crippen MR) is 113 cm³/mol.